The van der Waals surface area contributed by atoms with Gasteiger partial charge in [0.2, 0.25) is 0 Å². The summed E-state index contributed by atoms with van der Waals surface area (Å²) in [6.07, 6.45) is 0.279. The lowest BCUT2D eigenvalue weighted by Crippen LogP contribution is -2.43. The summed E-state index contributed by atoms with van der Waals surface area (Å²) in [7, 11) is 1.46. The largest absolute Gasteiger partial charge is 0.493 e. The first-order chi connectivity index (χ1) is 8.95. The summed E-state index contributed by atoms with van der Waals surface area (Å²) < 4.78 is 5.24. The molecule has 1 rings (SSSR count). The Labute approximate surface area is 111 Å². The van der Waals surface area contributed by atoms with E-state index in [0.717, 1.165) is 0 Å². The van der Waals surface area contributed by atoms with Crippen molar-refractivity contribution in [1.29, 1.82) is 0 Å². The SMILES string of the molecule is CCNC1=C(OC)C(=NCC(=O)O)C[C@@](O)(CO)C1. The number of aliphatic hydroxyl groups is 2. The van der Waals surface area contributed by atoms with Gasteiger partial charge < -0.3 is 25.4 Å². The Bertz CT molecular complexity index is 405. The van der Waals surface area contributed by atoms with Gasteiger partial charge in [-0.15, -0.1) is 0 Å². The normalized spacial score (nSPS) is 25.6. The third-order valence-corrected chi connectivity index (χ3v) is 2.83. The molecule has 108 valence electrons. The van der Waals surface area contributed by atoms with Gasteiger partial charge in [-0.3, -0.25) is 9.79 Å². The standard InChI is InChI=1S/C12H20N2O5/c1-3-13-8-4-12(18,7-15)5-9(11(8)19-2)14-6-10(16)17/h13,15,18H,3-7H2,1-2H3,(H,16,17)/t12-/m1/s1. The minimum atomic E-state index is -1.34. The summed E-state index contributed by atoms with van der Waals surface area (Å²) in [5.41, 5.74) is -0.364. The number of aliphatic hydroxyl groups excluding tert-OH is 1. The van der Waals surface area contributed by atoms with Crippen LogP contribution in [0.25, 0.3) is 0 Å². The highest BCUT2D eigenvalue weighted by atomic mass is 16.5. The highest BCUT2D eigenvalue weighted by Gasteiger charge is 2.37. The molecule has 0 aromatic carbocycles. The average molecular weight is 272 g/mol. The molecule has 0 saturated carbocycles. The van der Waals surface area contributed by atoms with E-state index in [4.69, 9.17) is 9.84 Å². The monoisotopic (exact) mass is 272 g/mol. The smallest absolute Gasteiger partial charge is 0.325 e. The van der Waals surface area contributed by atoms with E-state index in [1.165, 1.54) is 7.11 Å². The Morgan fingerprint density at radius 1 is 1.53 bits per heavy atom. The van der Waals surface area contributed by atoms with Gasteiger partial charge in [0.05, 0.1) is 30.7 Å². The molecule has 19 heavy (non-hydrogen) atoms. The highest BCUT2D eigenvalue weighted by Crippen LogP contribution is 2.30. The van der Waals surface area contributed by atoms with E-state index in [1.807, 2.05) is 6.92 Å². The Morgan fingerprint density at radius 2 is 2.21 bits per heavy atom. The number of aliphatic imine (C=N–C) groups is 1. The van der Waals surface area contributed by atoms with Crippen molar-refractivity contribution in [2.24, 2.45) is 4.99 Å². The second kappa shape index (κ2) is 6.53. The summed E-state index contributed by atoms with van der Waals surface area (Å²) in [5.74, 6) is -0.618. The molecule has 0 fully saturated rings. The number of ether oxygens (including phenoxy) is 1. The van der Waals surface area contributed by atoms with E-state index < -0.39 is 24.7 Å². The van der Waals surface area contributed by atoms with Gasteiger partial charge in [-0.25, -0.2) is 0 Å². The number of carboxylic acid groups (broad SMARTS) is 1. The summed E-state index contributed by atoms with van der Waals surface area (Å²) in [4.78, 5) is 14.5. The van der Waals surface area contributed by atoms with Crippen LogP contribution in [0.2, 0.25) is 0 Å². The van der Waals surface area contributed by atoms with Crippen molar-refractivity contribution in [1.82, 2.24) is 5.32 Å². The molecule has 0 heterocycles. The number of nitrogens with one attached hydrogen (secondary N) is 1. The van der Waals surface area contributed by atoms with Crippen molar-refractivity contribution >= 4 is 11.7 Å². The van der Waals surface area contributed by atoms with E-state index in [0.29, 0.717) is 23.7 Å². The number of methoxy groups -OCH3 is 1. The van der Waals surface area contributed by atoms with E-state index in [2.05, 4.69) is 10.3 Å². The van der Waals surface area contributed by atoms with Crippen molar-refractivity contribution in [3.8, 4) is 0 Å². The second-order valence-corrected chi connectivity index (χ2v) is 4.43. The van der Waals surface area contributed by atoms with Crippen LogP contribution in [0.5, 0.6) is 0 Å². The maximum atomic E-state index is 10.6. The van der Waals surface area contributed by atoms with Gasteiger partial charge in [0.15, 0.2) is 5.76 Å². The number of allylic oxidation sites excluding steroid dienone is 1. The molecule has 0 aliphatic heterocycles. The Morgan fingerprint density at radius 3 is 2.68 bits per heavy atom. The molecule has 0 aromatic heterocycles. The minimum absolute atomic E-state index is 0.0643. The zero-order chi connectivity index (χ0) is 14.5. The first kappa shape index (κ1) is 15.5. The van der Waals surface area contributed by atoms with Crippen molar-refractivity contribution in [3.05, 3.63) is 11.5 Å². The Balaban J connectivity index is 3.13. The van der Waals surface area contributed by atoms with Gasteiger partial charge in [0.25, 0.3) is 0 Å². The van der Waals surface area contributed by atoms with Crippen LogP contribution < -0.4 is 5.32 Å². The van der Waals surface area contributed by atoms with E-state index in [1.54, 1.807) is 0 Å². The quantitative estimate of drug-likeness (QED) is 0.518. The molecule has 7 nitrogen and oxygen atoms in total. The molecule has 0 aromatic rings. The van der Waals surface area contributed by atoms with Crippen molar-refractivity contribution < 1.29 is 24.9 Å². The first-order valence-electron chi connectivity index (χ1n) is 6.05. The molecule has 0 bridgehead atoms. The number of hydrogen-bond donors (Lipinski definition) is 4. The molecule has 0 amide bonds. The molecule has 1 aliphatic rings. The molecule has 0 unspecified atom stereocenters. The lowest BCUT2D eigenvalue weighted by atomic mass is 9.85. The van der Waals surface area contributed by atoms with Crippen LogP contribution in [-0.4, -0.2) is 59.4 Å². The van der Waals surface area contributed by atoms with Gasteiger partial charge in [0, 0.05) is 19.4 Å². The first-order valence-corrected chi connectivity index (χ1v) is 6.05. The number of hydrogen-bond acceptors (Lipinski definition) is 6. The van der Waals surface area contributed by atoms with Gasteiger partial charge in [0.1, 0.15) is 6.54 Å². The third-order valence-electron chi connectivity index (χ3n) is 2.83. The average Bonchev–Trinajstić information content (AvgIpc) is 2.36. The Hall–Kier alpha value is -1.60. The van der Waals surface area contributed by atoms with Crippen LogP contribution in [0.4, 0.5) is 0 Å². The predicted molar refractivity (Wildman–Crippen MR) is 68.9 cm³/mol. The summed E-state index contributed by atoms with van der Waals surface area (Å²) in [5, 5.41) is 31.2. The zero-order valence-corrected chi connectivity index (χ0v) is 11.1. The van der Waals surface area contributed by atoms with Crippen LogP contribution in [0.15, 0.2) is 16.4 Å². The van der Waals surface area contributed by atoms with Crippen molar-refractivity contribution in [2.75, 3.05) is 26.8 Å². The molecular weight excluding hydrogens is 252 g/mol. The number of nitrogens with zero attached hydrogens (tertiary/aromatic N) is 1. The molecule has 0 saturated heterocycles. The number of carbonyl (C=O) groups is 1. The van der Waals surface area contributed by atoms with E-state index in [-0.39, 0.29) is 12.8 Å². The van der Waals surface area contributed by atoms with Gasteiger partial charge in [-0.1, -0.05) is 0 Å². The molecule has 1 atom stereocenters. The highest BCUT2D eigenvalue weighted by molar-refractivity contribution is 6.01. The summed E-state index contributed by atoms with van der Waals surface area (Å²) in [6.45, 7) is 1.69. The zero-order valence-electron chi connectivity index (χ0n) is 11.1. The lowest BCUT2D eigenvalue weighted by Gasteiger charge is -2.33. The fraction of sp³-hybridized carbons (Fsp3) is 0.667. The Kier molecular flexibility index (Phi) is 5.31. The minimum Gasteiger partial charge on any atom is -0.493 e. The number of aliphatic carboxylic acids is 1. The van der Waals surface area contributed by atoms with Crippen molar-refractivity contribution in [2.45, 2.75) is 25.4 Å². The summed E-state index contributed by atoms with van der Waals surface area (Å²) >= 11 is 0. The number of carboxylic acids is 1. The maximum Gasteiger partial charge on any atom is 0.325 e. The van der Waals surface area contributed by atoms with Crippen LogP contribution in [0, 0.1) is 0 Å². The second-order valence-electron chi connectivity index (χ2n) is 4.43. The van der Waals surface area contributed by atoms with E-state index >= 15 is 0 Å². The molecule has 4 N–H and O–H groups in total. The lowest BCUT2D eigenvalue weighted by molar-refractivity contribution is -0.135. The number of rotatable bonds is 6. The third kappa shape index (κ3) is 3.93. The maximum absolute atomic E-state index is 10.6. The van der Waals surface area contributed by atoms with Gasteiger partial charge in [-0.2, -0.15) is 0 Å². The van der Waals surface area contributed by atoms with Gasteiger partial charge >= 0.3 is 5.97 Å². The van der Waals surface area contributed by atoms with Crippen LogP contribution in [0.3, 0.4) is 0 Å². The summed E-state index contributed by atoms with van der Waals surface area (Å²) in [6, 6.07) is 0. The van der Waals surface area contributed by atoms with Crippen LogP contribution >= 0.6 is 0 Å². The van der Waals surface area contributed by atoms with Crippen LogP contribution in [0.1, 0.15) is 19.8 Å². The molecule has 7 heteroatoms. The van der Waals surface area contributed by atoms with Crippen molar-refractivity contribution in [3.63, 3.8) is 0 Å². The van der Waals surface area contributed by atoms with Gasteiger partial charge in [-0.05, 0) is 6.92 Å². The predicted octanol–water partition coefficient (Wildman–Crippen LogP) is -0.503. The molecular formula is C12H20N2O5. The fourth-order valence-electron chi connectivity index (χ4n) is 2.04. The molecule has 0 radical (unpaired) electrons. The molecule has 0 spiro atoms. The topological polar surface area (TPSA) is 111 Å². The van der Waals surface area contributed by atoms with Crippen LogP contribution in [-0.2, 0) is 9.53 Å². The van der Waals surface area contributed by atoms with E-state index in [9.17, 15) is 15.0 Å². The fourth-order valence-corrected chi connectivity index (χ4v) is 2.04. The molecule has 1 aliphatic carbocycles.